The molecular weight excluding hydrogens is 280 g/mol. The molecule has 3 heteroatoms. The number of halogens is 1. The van der Waals surface area contributed by atoms with Crippen LogP contribution in [-0.2, 0) is 10.8 Å². The molecule has 0 spiro atoms. The Morgan fingerprint density at radius 2 is 1.38 bits per heavy atom. The Balaban J connectivity index is 2.45. The van der Waals surface area contributed by atoms with Crippen LogP contribution in [0.2, 0.25) is 5.15 Å². The van der Waals surface area contributed by atoms with Crippen LogP contribution in [0.3, 0.4) is 0 Å². The predicted molar refractivity (Wildman–Crippen MR) is 89.9 cm³/mol. The van der Waals surface area contributed by atoms with Crippen molar-refractivity contribution >= 4 is 11.6 Å². The molecule has 112 valence electrons. The van der Waals surface area contributed by atoms with Crippen LogP contribution in [0.25, 0.3) is 11.4 Å². The Morgan fingerprint density at radius 3 is 1.86 bits per heavy atom. The van der Waals surface area contributed by atoms with Crippen LogP contribution >= 0.6 is 11.6 Å². The maximum atomic E-state index is 6.16. The van der Waals surface area contributed by atoms with E-state index in [9.17, 15) is 0 Å². The van der Waals surface area contributed by atoms with Crippen molar-refractivity contribution in [3.05, 3.63) is 46.7 Å². The highest BCUT2D eigenvalue weighted by Gasteiger charge is 2.18. The lowest BCUT2D eigenvalue weighted by molar-refractivity contribution is 0.568. The summed E-state index contributed by atoms with van der Waals surface area (Å²) in [5.41, 5.74) is 3.34. The number of hydrogen-bond donors (Lipinski definition) is 0. The minimum atomic E-state index is -0.0489. The van der Waals surface area contributed by atoms with Crippen LogP contribution in [0.15, 0.2) is 30.3 Å². The zero-order chi connectivity index (χ0) is 15.8. The second-order valence-electron chi connectivity index (χ2n) is 7.48. The molecule has 2 aromatic rings. The minimum Gasteiger partial charge on any atom is -0.232 e. The van der Waals surface area contributed by atoms with Gasteiger partial charge in [-0.15, -0.1) is 0 Å². The van der Waals surface area contributed by atoms with Crippen LogP contribution in [0, 0.1) is 0 Å². The summed E-state index contributed by atoms with van der Waals surface area (Å²) in [6.07, 6.45) is 0. The lowest BCUT2D eigenvalue weighted by Crippen LogP contribution is -2.14. The van der Waals surface area contributed by atoms with Crippen LogP contribution in [-0.4, -0.2) is 9.97 Å². The van der Waals surface area contributed by atoms with E-state index in [2.05, 4.69) is 75.8 Å². The Morgan fingerprint density at radius 1 is 0.810 bits per heavy atom. The predicted octanol–water partition coefficient (Wildman–Crippen LogP) is 5.39. The fraction of sp³-hybridized carbons (Fsp3) is 0.444. The Bertz CT molecular complexity index is 632. The average molecular weight is 303 g/mol. The number of nitrogens with zero attached hydrogens (tertiary/aromatic N) is 2. The van der Waals surface area contributed by atoms with Crippen molar-refractivity contribution in [3.63, 3.8) is 0 Å². The van der Waals surface area contributed by atoms with E-state index in [0.29, 0.717) is 11.0 Å². The van der Waals surface area contributed by atoms with Gasteiger partial charge in [0.05, 0.1) is 5.69 Å². The van der Waals surface area contributed by atoms with Crippen molar-refractivity contribution in [1.82, 2.24) is 9.97 Å². The Labute approximate surface area is 132 Å². The molecule has 0 unspecified atom stereocenters. The van der Waals surface area contributed by atoms with E-state index in [4.69, 9.17) is 11.6 Å². The number of aromatic nitrogens is 2. The summed E-state index contributed by atoms with van der Waals surface area (Å²) in [6, 6.07) is 10.2. The molecule has 0 atom stereocenters. The van der Waals surface area contributed by atoms with Crippen molar-refractivity contribution < 1.29 is 0 Å². The van der Waals surface area contributed by atoms with Crippen LogP contribution in [0.4, 0.5) is 0 Å². The highest BCUT2D eigenvalue weighted by atomic mass is 35.5. The molecule has 2 nitrogen and oxygen atoms in total. The molecule has 21 heavy (non-hydrogen) atoms. The third kappa shape index (κ3) is 3.82. The Hall–Kier alpha value is -1.41. The average Bonchev–Trinajstić information content (AvgIpc) is 2.36. The quantitative estimate of drug-likeness (QED) is 0.660. The molecule has 1 aromatic heterocycles. The van der Waals surface area contributed by atoms with E-state index in [-0.39, 0.29) is 10.8 Å². The molecule has 1 aromatic carbocycles. The fourth-order valence-electron chi connectivity index (χ4n) is 2.05. The van der Waals surface area contributed by atoms with Crippen LogP contribution < -0.4 is 0 Å². The molecule has 0 aliphatic carbocycles. The monoisotopic (exact) mass is 302 g/mol. The second-order valence-corrected chi connectivity index (χ2v) is 7.86. The molecule has 2 rings (SSSR count). The maximum absolute atomic E-state index is 6.16. The van der Waals surface area contributed by atoms with E-state index < -0.39 is 0 Å². The van der Waals surface area contributed by atoms with Gasteiger partial charge in [-0.25, -0.2) is 9.97 Å². The molecule has 0 amide bonds. The van der Waals surface area contributed by atoms with Gasteiger partial charge in [0.2, 0.25) is 0 Å². The number of benzene rings is 1. The largest absolute Gasteiger partial charge is 0.232 e. The first-order valence-corrected chi connectivity index (χ1v) is 7.61. The van der Waals surface area contributed by atoms with E-state index in [1.54, 1.807) is 0 Å². The zero-order valence-electron chi connectivity index (χ0n) is 13.7. The van der Waals surface area contributed by atoms with Crippen molar-refractivity contribution in [2.75, 3.05) is 0 Å². The molecule has 1 heterocycles. The van der Waals surface area contributed by atoms with Gasteiger partial charge in [0, 0.05) is 11.0 Å². The van der Waals surface area contributed by atoms with Crippen molar-refractivity contribution in [2.45, 2.75) is 52.4 Å². The van der Waals surface area contributed by atoms with Gasteiger partial charge in [-0.1, -0.05) is 77.4 Å². The summed E-state index contributed by atoms with van der Waals surface area (Å²) in [4.78, 5) is 9.04. The van der Waals surface area contributed by atoms with Crippen molar-refractivity contribution in [1.29, 1.82) is 0 Å². The lowest BCUT2D eigenvalue weighted by atomic mass is 9.86. The van der Waals surface area contributed by atoms with Gasteiger partial charge in [0.1, 0.15) is 5.15 Å². The second kappa shape index (κ2) is 5.42. The van der Waals surface area contributed by atoms with E-state index in [1.807, 2.05) is 6.07 Å². The van der Waals surface area contributed by atoms with E-state index >= 15 is 0 Å². The topological polar surface area (TPSA) is 25.8 Å². The first-order valence-electron chi connectivity index (χ1n) is 7.23. The van der Waals surface area contributed by atoms with Crippen molar-refractivity contribution in [3.8, 4) is 11.4 Å². The molecule has 0 aliphatic heterocycles. The van der Waals surface area contributed by atoms with Gasteiger partial charge in [0.25, 0.3) is 0 Å². The summed E-state index contributed by atoms with van der Waals surface area (Å²) in [5, 5.41) is 0.491. The maximum Gasteiger partial charge on any atom is 0.161 e. The highest BCUT2D eigenvalue weighted by molar-refractivity contribution is 6.29. The third-order valence-corrected chi connectivity index (χ3v) is 3.67. The van der Waals surface area contributed by atoms with Crippen LogP contribution in [0.5, 0.6) is 0 Å². The smallest absolute Gasteiger partial charge is 0.161 e. The summed E-state index contributed by atoms with van der Waals surface area (Å²) in [5.74, 6) is 0.688. The molecule has 0 saturated heterocycles. The molecule has 0 radical (unpaired) electrons. The van der Waals surface area contributed by atoms with Gasteiger partial charge in [0.15, 0.2) is 5.82 Å². The minimum absolute atomic E-state index is 0.0489. The normalized spacial score (nSPS) is 12.5. The SMILES string of the molecule is CC(C)(C)c1ccc(-c2nc(Cl)cc(C(C)(C)C)n2)cc1. The molecule has 0 saturated carbocycles. The van der Waals surface area contributed by atoms with Crippen LogP contribution in [0.1, 0.15) is 52.8 Å². The summed E-state index contributed by atoms with van der Waals surface area (Å²) < 4.78 is 0. The van der Waals surface area contributed by atoms with Gasteiger partial charge in [-0.2, -0.15) is 0 Å². The van der Waals surface area contributed by atoms with Crippen molar-refractivity contribution in [2.24, 2.45) is 0 Å². The fourth-order valence-corrected chi connectivity index (χ4v) is 2.23. The summed E-state index contributed by atoms with van der Waals surface area (Å²) in [7, 11) is 0. The third-order valence-electron chi connectivity index (χ3n) is 3.47. The molecule has 0 N–H and O–H groups in total. The molecule has 0 fully saturated rings. The van der Waals surface area contributed by atoms with E-state index in [0.717, 1.165) is 11.3 Å². The zero-order valence-corrected chi connectivity index (χ0v) is 14.4. The molecule has 0 aliphatic rings. The molecular formula is C18H23ClN2. The number of hydrogen-bond acceptors (Lipinski definition) is 2. The van der Waals surface area contributed by atoms with Gasteiger partial charge in [-0.05, 0) is 17.0 Å². The van der Waals surface area contributed by atoms with Gasteiger partial charge >= 0.3 is 0 Å². The number of rotatable bonds is 1. The van der Waals surface area contributed by atoms with Gasteiger partial charge in [-0.3, -0.25) is 0 Å². The van der Waals surface area contributed by atoms with E-state index in [1.165, 1.54) is 5.56 Å². The Kier molecular flexibility index (Phi) is 4.12. The van der Waals surface area contributed by atoms with Gasteiger partial charge < -0.3 is 0 Å². The first-order chi connectivity index (χ1) is 9.57. The highest BCUT2D eigenvalue weighted by Crippen LogP contribution is 2.28. The summed E-state index contributed by atoms with van der Waals surface area (Å²) >= 11 is 6.16. The molecule has 0 bridgehead atoms. The first kappa shape index (κ1) is 16.0. The standard InChI is InChI=1S/C18H23ClN2/c1-17(2,3)13-9-7-12(8-10-13)16-20-14(18(4,5)6)11-15(19)21-16/h7-11H,1-6H3. The lowest BCUT2D eigenvalue weighted by Gasteiger charge is -2.20. The summed E-state index contributed by atoms with van der Waals surface area (Å²) in [6.45, 7) is 13.0.